The van der Waals surface area contributed by atoms with Crippen molar-refractivity contribution in [1.29, 1.82) is 0 Å². The first kappa shape index (κ1) is 13.5. The van der Waals surface area contributed by atoms with Gasteiger partial charge in [-0.05, 0) is 48.9 Å². The highest BCUT2D eigenvalue weighted by Crippen LogP contribution is 2.53. The summed E-state index contributed by atoms with van der Waals surface area (Å²) in [6.45, 7) is 4.40. The number of thiol groups is 1. The van der Waals surface area contributed by atoms with Crippen molar-refractivity contribution in [3.05, 3.63) is 23.3 Å². The van der Waals surface area contributed by atoms with E-state index in [-0.39, 0.29) is 0 Å². The van der Waals surface area contributed by atoms with E-state index in [1.165, 1.54) is 46.5 Å². The molecule has 1 aliphatic rings. The van der Waals surface area contributed by atoms with Gasteiger partial charge >= 0.3 is 0 Å². The van der Waals surface area contributed by atoms with Crippen LogP contribution in [0.15, 0.2) is 17.0 Å². The van der Waals surface area contributed by atoms with Crippen molar-refractivity contribution in [2.75, 3.05) is 5.32 Å². The normalized spacial score (nSPS) is 22.4. The molecule has 0 aromatic heterocycles. The molecule has 1 heterocycles. The maximum atomic E-state index is 5.67. The van der Waals surface area contributed by atoms with E-state index in [4.69, 9.17) is 5.14 Å². The molecule has 0 radical (unpaired) electrons. The number of benzene rings is 1. The molecule has 94 valence electrons. The maximum absolute atomic E-state index is 5.67. The highest BCUT2D eigenvalue weighted by atomic mass is 32.3. The van der Waals surface area contributed by atoms with Crippen molar-refractivity contribution in [3.8, 4) is 0 Å². The minimum atomic E-state index is -0.420. The number of nitrogens with one attached hydrogen (secondary N) is 1. The summed E-state index contributed by atoms with van der Waals surface area (Å²) in [5.41, 5.74) is 3.98. The van der Waals surface area contributed by atoms with Gasteiger partial charge in [0.15, 0.2) is 3.54 Å². The molecule has 1 aliphatic heterocycles. The third-order valence-electron chi connectivity index (χ3n) is 3.03. The molecule has 0 amide bonds. The molecule has 3 N–H and O–H groups in total. The standard InChI is InChI=1S/C12H18N2S3/c1-3-4-5-9-6-7-10-11(8(9)2)14-12(15,16-10)17-13/h6-7,14-15H,3-5,13H2,1-2H3. The van der Waals surface area contributed by atoms with Crippen molar-refractivity contribution < 1.29 is 0 Å². The maximum Gasteiger partial charge on any atom is 0.194 e. The third kappa shape index (κ3) is 2.72. The molecule has 1 aromatic rings. The van der Waals surface area contributed by atoms with E-state index in [0.29, 0.717) is 0 Å². The van der Waals surface area contributed by atoms with Gasteiger partial charge in [-0.1, -0.05) is 31.2 Å². The van der Waals surface area contributed by atoms with Gasteiger partial charge in [0.25, 0.3) is 0 Å². The minimum absolute atomic E-state index is 0.420. The van der Waals surface area contributed by atoms with Crippen LogP contribution in [0.5, 0.6) is 0 Å². The number of fused-ring (bicyclic) bond motifs is 1. The predicted octanol–water partition coefficient (Wildman–Crippen LogP) is 4.00. The van der Waals surface area contributed by atoms with Gasteiger partial charge < -0.3 is 5.32 Å². The van der Waals surface area contributed by atoms with Gasteiger partial charge in [0.05, 0.1) is 5.69 Å². The Kier molecular flexibility index (Phi) is 4.23. The van der Waals surface area contributed by atoms with Crippen molar-refractivity contribution in [2.24, 2.45) is 5.14 Å². The predicted molar refractivity (Wildman–Crippen MR) is 82.8 cm³/mol. The van der Waals surface area contributed by atoms with Crippen molar-refractivity contribution in [1.82, 2.24) is 0 Å². The second-order valence-corrected chi connectivity index (χ2v) is 7.89. The fourth-order valence-corrected chi connectivity index (χ4v) is 3.92. The van der Waals surface area contributed by atoms with Crippen LogP contribution in [-0.4, -0.2) is 3.54 Å². The van der Waals surface area contributed by atoms with Crippen LogP contribution in [0.25, 0.3) is 0 Å². The first-order valence-corrected chi connectivity index (χ1v) is 7.94. The summed E-state index contributed by atoms with van der Waals surface area (Å²) >= 11 is 7.48. The molecule has 1 aromatic carbocycles. The highest BCUT2D eigenvalue weighted by Gasteiger charge is 2.35. The van der Waals surface area contributed by atoms with Gasteiger partial charge in [0.2, 0.25) is 0 Å². The van der Waals surface area contributed by atoms with Crippen LogP contribution in [0, 0.1) is 6.92 Å². The van der Waals surface area contributed by atoms with Gasteiger partial charge in [-0.2, -0.15) is 0 Å². The van der Waals surface area contributed by atoms with E-state index in [9.17, 15) is 0 Å². The second-order valence-electron chi connectivity index (χ2n) is 4.25. The number of aryl methyl sites for hydroxylation is 1. The van der Waals surface area contributed by atoms with Crippen LogP contribution in [0.1, 0.15) is 30.9 Å². The molecule has 0 fully saturated rings. The molecule has 0 bridgehead atoms. The summed E-state index contributed by atoms with van der Waals surface area (Å²) in [5, 5.41) is 9.08. The van der Waals surface area contributed by atoms with E-state index < -0.39 is 3.54 Å². The lowest BCUT2D eigenvalue weighted by molar-refractivity contribution is 0.791. The van der Waals surface area contributed by atoms with Crippen molar-refractivity contribution in [3.63, 3.8) is 0 Å². The Balaban J connectivity index is 2.27. The molecule has 0 aliphatic carbocycles. The van der Waals surface area contributed by atoms with Crippen LogP contribution in [0.3, 0.4) is 0 Å². The Morgan fingerprint density at radius 2 is 2.29 bits per heavy atom. The quantitative estimate of drug-likeness (QED) is 0.444. The number of hydrogen-bond acceptors (Lipinski definition) is 5. The number of unbranched alkanes of at least 4 members (excludes halogenated alkanes) is 1. The van der Waals surface area contributed by atoms with Gasteiger partial charge in [0, 0.05) is 4.90 Å². The van der Waals surface area contributed by atoms with Crippen LogP contribution in [-0.2, 0) is 6.42 Å². The fraction of sp³-hybridized carbons (Fsp3) is 0.500. The van der Waals surface area contributed by atoms with Gasteiger partial charge in [0.1, 0.15) is 0 Å². The molecule has 0 saturated carbocycles. The number of thioether (sulfide) groups is 1. The minimum Gasteiger partial charge on any atom is -0.352 e. The Labute approximate surface area is 117 Å². The molecule has 1 atom stereocenters. The fourth-order valence-electron chi connectivity index (χ4n) is 1.99. The van der Waals surface area contributed by atoms with Crippen LogP contribution in [0.2, 0.25) is 0 Å². The van der Waals surface area contributed by atoms with Gasteiger partial charge in [-0.15, -0.1) is 12.6 Å². The molecule has 5 heteroatoms. The molecule has 17 heavy (non-hydrogen) atoms. The zero-order valence-corrected chi connectivity index (χ0v) is 12.6. The lowest BCUT2D eigenvalue weighted by atomic mass is 10.0. The Morgan fingerprint density at radius 3 is 2.94 bits per heavy atom. The lowest BCUT2D eigenvalue weighted by Crippen LogP contribution is -2.21. The number of nitrogens with two attached hydrogens (primary N) is 1. The van der Waals surface area contributed by atoms with E-state index in [1.54, 1.807) is 11.8 Å². The first-order chi connectivity index (χ1) is 8.09. The van der Waals surface area contributed by atoms with E-state index in [0.717, 1.165) is 6.42 Å². The van der Waals surface area contributed by atoms with E-state index in [2.05, 4.69) is 43.9 Å². The average Bonchev–Trinajstić information content (AvgIpc) is 2.67. The summed E-state index contributed by atoms with van der Waals surface area (Å²) in [4.78, 5) is 1.25. The van der Waals surface area contributed by atoms with Gasteiger partial charge in [-0.3, -0.25) is 5.14 Å². The molecule has 2 nitrogen and oxygen atoms in total. The number of anilines is 1. The summed E-state index contributed by atoms with van der Waals surface area (Å²) in [7, 11) is 0. The van der Waals surface area contributed by atoms with Crippen LogP contribution >= 0.6 is 36.3 Å². The zero-order chi connectivity index (χ0) is 12.5. The summed E-state index contributed by atoms with van der Waals surface area (Å²) in [5.74, 6) is 0. The average molecular weight is 286 g/mol. The Hall–Kier alpha value is 0.0300. The largest absolute Gasteiger partial charge is 0.352 e. The third-order valence-corrected chi connectivity index (χ3v) is 5.63. The smallest absolute Gasteiger partial charge is 0.194 e. The van der Waals surface area contributed by atoms with E-state index in [1.807, 2.05) is 0 Å². The summed E-state index contributed by atoms with van der Waals surface area (Å²) < 4.78 is -0.420. The van der Waals surface area contributed by atoms with Crippen LogP contribution in [0.4, 0.5) is 5.69 Å². The SMILES string of the molecule is CCCCc1ccc2c(c1C)NC(S)(SN)S2. The van der Waals surface area contributed by atoms with Crippen molar-refractivity contribution >= 4 is 42.0 Å². The highest BCUT2D eigenvalue weighted by molar-refractivity contribution is 8.29. The molecular weight excluding hydrogens is 268 g/mol. The molecule has 0 saturated heterocycles. The molecular formula is C12H18N2S3. The lowest BCUT2D eigenvalue weighted by Gasteiger charge is -2.19. The van der Waals surface area contributed by atoms with E-state index >= 15 is 0 Å². The summed E-state index contributed by atoms with van der Waals surface area (Å²) in [6, 6.07) is 4.42. The Bertz CT molecular complexity index is 422. The first-order valence-electron chi connectivity index (χ1n) is 5.79. The topological polar surface area (TPSA) is 38.0 Å². The monoisotopic (exact) mass is 286 g/mol. The van der Waals surface area contributed by atoms with Crippen LogP contribution < -0.4 is 10.5 Å². The zero-order valence-electron chi connectivity index (χ0n) is 10.1. The Morgan fingerprint density at radius 1 is 1.53 bits per heavy atom. The van der Waals surface area contributed by atoms with Crippen molar-refractivity contribution in [2.45, 2.75) is 41.5 Å². The number of rotatable bonds is 4. The van der Waals surface area contributed by atoms with Gasteiger partial charge in [-0.25, -0.2) is 0 Å². The molecule has 1 unspecified atom stereocenters. The summed E-state index contributed by atoms with van der Waals surface area (Å²) in [6.07, 6.45) is 3.62. The second kappa shape index (κ2) is 5.34. The molecule has 0 spiro atoms. The number of hydrogen-bond donors (Lipinski definition) is 3. The molecule has 2 rings (SSSR count).